The van der Waals surface area contributed by atoms with E-state index in [-0.39, 0.29) is 12.1 Å². The molecule has 1 atom stereocenters. The zero-order valence-electron chi connectivity index (χ0n) is 11.8. The van der Waals surface area contributed by atoms with E-state index in [1.165, 1.54) is 0 Å². The van der Waals surface area contributed by atoms with Crippen molar-refractivity contribution in [2.75, 3.05) is 31.1 Å². The SMILES string of the molecule is O=C1NCCN1C1CCCN(c2cccc3nncn23)C1. The van der Waals surface area contributed by atoms with E-state index in [4.69, 9.17) is 0 Å². The molecule has 0 spiro atoms. The number of carbonyl (C=O) groups excluding carboxylic acids is 1. The molecule has 4 rings (SSSR count). The van der Waals surface area contributed by atoms with Crippen LogP contribution in [0.25, 0.3) is 5.65 Å². The minimum Gasteiger partial charge on any atom is -0.356 e. The molecule has 7 nitrogen and oxygen atoms in total. The molecule has 0 radical (unpaired) electrons. The van der Waals surface area contributed by atoms with Gasteiger partial charge < -0.3 is 15.1 Å². The van der Waals surface area contributed by atoms with Crippen LogP contribution in [0.4, 0.5) is 10.6 Å². The van der Waals surface area contributed by atoms with Gasteiger partial charge in [0.15, 0.2) is 5.65 Å². The lowest BCUT2D eigenvalue weighted by atomic mass is 10.0. The Morgan fingerprint density at radius 3 is 3.10 bits per heavy atom. The van der Waals surface area contributed by atoms with E-state index in [2.05, 4.69) is 26.5 Å². The molecule has 0 saturated carbocycles. The summed E-state index contributed by atoms with van der Waals surface area (Å²) in [5, 5.41) is 11.0. The van der Waals surface area contributed by atoms with Gasteiger partial charge in [0, 0.05) is 26.2 Å². The lowest BCUT2D eigenvalue weighted by Gasteiger charge is -2.38. The Bertz CT molecular complexity index is 668. The maximum absolute atomic E-state index is 11.9. The zero-order valence-corrected chi connectivity index (χ0v) is 11.8. The van der Waals surface area contributed by atoms with Gasteiger partial charge in [0.05, 0.1) is 6.04 Å². The van der Waals surface area contributed by atoms with Gasteiger partial charge in [-0.3, -0.25) is 4.40 Å². The van der Waals surface area contributed by atoms with Gasteiger partial charge >= 0.3 is 6.03 Å². The first-order chi connectivity index (χ1) is 10.3. The smallest absolute Gasteiger partial charge is 0.317 e. The summed E-state index contributed by atoms with van der Waals surface area (Å²) in [6, 6.07) is 6.40. The van der Waals surface area contributed by atoms with Gasteiger partial charge in [-0.05, 0) is 25.0 Å². The molecule has 2 aromatic heterocycles. The van der Waals surface area contributed by atoms with Crippen molar-refractivity contribution in [2.24, 2.45) is 0 Å². The fourth-order valence-corrected chi connectivity index (χ4v) is 3.34. The number of hydrogen-bond acceptors (Lipinski definition) is 4. The monoisotopic (exact) mass is 286 g/mol. The van der Waals surface area contributed by atoms with Gasteiger partial charge in [-0.25, -0.2) is 4.79 Å². The summed E-state index contributed by atoms with van der Waals surface area (Å²) in [5.74, 6) is 1.10. The van der Waals surface area contributed by atoms with Crippen LogP contribution < -0.4 is 10.2 Å². The predicted molar refractivity (Wildman–Crippen MR) is 78.3 cm³/mol. The van der Waals surface area contributed by atoms with E-state index in [0.717, 1.165) is 50.5 Å². The van der Waals surface area contributed by atoms with E-state index >= 15 is 0 Å². The number of carbonyl (C=O) groups is 1. The first kappa shape index (κ1) is 12.4. The number of amides is 2. The number of hydrogen-bond donors (Lipinski definition) is 1. The van der Waals surface area contributed by atoms with E-state index in [0.29, 0.717) is 0 Å². The molecular formula is C14H18N6O. The Kier molecular flexibility index (Phi) is 2.90. The number of rotatable bonds is 2. The summed E-state index contributed by atoms with van der Waals surface area (Å²) in [6.07, 6.45) is 3.91. The number of nitrogens with one attached hydrogen (secondary N) is 1. The van der Waals surface area contributed by atoms with Crippen LogP contribution in [-0.4, -0.2) is 57.7 Å². The molecule has 2 aliphatic heterocycles. The molecule has 0 aliphatic carbocycles. The second kappa shape index (κ2) is 4.91. The average molecular weight is 286 g/mol. The lowest BCUT2D eigenvalue weighted by molar-refractivity contribution is 0.189. The first-order valence-electron chi connectivity index (χ1n) is 7.41. The van der Waals surface area contributed by atoms with Crippen molar-refractivity contribution in [3.05, 3.63) is 24.5 Å². The number of pyridine rings is 1. The number of piperidine rings is 1. The molecule has 1 N–H and O–H groups in total. The van der Waals surface area contributed by atoms with Crippen molar-refractivity contribution in [1.82, 2.24) is 24.8 Å². The number of nitrogens with zero attached hydrogens (tertiary/aromatic N) is 5. The van der Waals surface area contributed by atoms with E-state index < -0.39 is 0 Å². The Hall–Kier alpha value is -2.31. The van der Waals surface area contributed by atoms with Gasteiger partial charge in [0.1, 0.15) is 12.1 Å². The van der Waals surface area contributed by atoms with Crippen molar-refractivity contribution in [1.29, 1.82) is 0 Å². The van der Waals surface area contributed by atoms with Gasteiger partial charge in [-0.1, -0.05) is 6.07 Å². The third-order valence-electron chi connectivity index (χ3n) is 4.36. The van der Waals surface area contributed by atoms with E-state index in [1.54, 1.807) is 6.33 Å². The van der Waals surface area contributed by atoms with Gasteiger partial charge in [0.25, 0.3) is 0 Å². The maximum Gasteiger partial charge on any atom is 0.317 e. The molecule has 110 valence electrons. The van der Waals surface area contributed by atoms with Crippen molar-refractivity contribution < 1.29 is 4.79 Å². The molecule has 21 heavy (non-hydrogen) atoms. The summed E-state index contributed by atoms with van der Waals surface area (Å²) in [7, 11) is 0. The zero-order chi connectivity index (χ0) is 14.2. The second-order valence-electron chi connectivity index (χ2n) is 5.61. The number of fused-ring (bicyclic) bond motifs is 1. The Labute approximate surface area is 122 Å². The van der Waals surface area contributed by atoms with Crippen LogP contribution in [-0.2, 0) is 0 Å². The third kappa shape index (κ3) is 2.09. The van der Waals surface area contributed by atoms with Crippen molar-refractivity contribution in [3.63, 3.8) is 0 Å². The Morgan fingerprint density at radius 1 is 1.29 bits per heavy atom. The Morgan fingerprint density at radius 2 is 2.24 bits per heavy atom. The van der Waals surface area contributed by atoms with Crippen LogP contribution in [0.5, 0.6) is 0 Å². The topological polar surface area (TPSA) is 65.8 Å². The molecule has 1 unspecified atom stereocenters. The van der Waals surface area contributed by atoms with Gasteiger partial charge in [0.2, 0.25) is 0 Å². The van der Waals surface area contributed by atoms with Gasteiger partial charge in [-0.15, -0.1) is 10.2 Å². The number of aromatic nitrogens is 3. The van der Waals surface area contributed by atoms with Crippen LogP contribution in [0.1, 0.15) is 12.8 Å². The molecular weight excluding hydrogens is 268 g/mol. The molecule has 4 heterocycles. The van der Waals surface area contributed by atoms with Gasteiger partial charge in [-0.2, -0.15) is 0 Å². The summed E-state index contributed by atoms with van der Waals surface area (Å²) in [6.45, 7) is 3.44. The third-order valence-corrected chi connectivity index (χ3v) is 4.36. The highest BCUT2D eigenvalue weighted by atomic mass is 16.2. The molecule has 2 amide bonds. The van der Waals surface area contributed by atoms with Crippen molar-refractivity contribution >= 4 is 17.5 Å². The highest BCUT2D eigenvalue weighted by molar-refractivity contribution is 5.76. The molecule has 2 aliphatic rings. The van der Waals surface area contributed by atoms with Crippen LogP contribution >= 0.6 is 0 Å². The van der Waals surface area contributed by atoms with Crippen molar-refractivity contribution in [3.8, 4) is 0 Å². The molecule has 0 aromatic carbocycles. The first-order valence-corrected chi connectivity index (χ1v) is 7.41. The van der Waals surface area contributed by atoms with E-state index in [9.17, 15) is 4.79 Å². The molecule has 2 saturated heterocycles. The fraction of sp³-hybridized carbons (Fsp3) is 0.500. The minimum atomic E-state index is 0.0735. The largest absolute Gasteiger partial charge is 0.356 e. The summed E-state index contributed by atoms with van der Waals surface area (Å²) in [4.78, 5) is 16.2. The van der Waals surface area contributed by atoms with Crippen LogP contribution in [0.15, 0.2) is 24.5 Å². The summed E-state index contributed by atoms with van der Waals surface area (Å²) < 4.78 is 2.01. The maximum atomic E-state index is 11.9. The number of anilines is 1. The van der Waals surface area contributed by atoms with Crippen LogP contribution in [0.3, 0.4) is 0 Å². The quantitative estimate of drug-likeness (QED) is 0.883. The summed E-state index contributed by atoms with van der Waals surface area (Å²) in [5.41, 5.74) is 0.855. The van der Waals surface area contributed by atoms with Crippen LogP contribution in [0, 0.1) is 0 Å². The normalized spacial score (nSPS) is 22.9. The lowest BCUT2D eigenvalue weighted by Crippen LogP contribution is -2.49. The highest BCUT2D eigenvalue weighted by Gasteiger charge is 2.31. The average Bonchev–Trinajstić information content (AvgIpc) is 3.15. The molecule has 7 heteroatoms. The second-order valence-corrected chi connectivity index (χ2v) is 5.61. The molecule has 2 fully saturated rings. The minimum absolute atomic E-state index is 0.0735. The van der Waals surface area contributed by atoms with Crippen molar-refractivity contribution in [2.45, 2.75) is 18.9 Å². The highest BCUT2D eigenvalue weighted by Crippen LogP contribution is 2.23. The number of urea groups is 1. The Balaban J connectivity index is 1.60. The molecule has 0 bridgehead atoms. The van der Waals surface area contributed by atoms with E-state index in [1.807, 2.05) is 21.4 Å². The predicted octanol–water partition coefficient (Wildman–Crippen LogP) is 0.723. The standard InChI is InChI=1S/C14H18N6O/c21-14-15-6-8-19(14)11-3-2-7-18(9-11)13-5-1-4-12-17-16-10-20(12)13/h1,4-5,10-11H,2-3,6-9H2,(H,15,21). The fourth-order valence-electron chi connectivity index (χ4n) is 3.34. The van der Waals surface area contributed by atoms with Crippen LogP contribution in [0.2, 0.25) is 0 Å². The summed E-state index contributed by atoms with van der Waals surface area (Å²) >= 11 is 0. The molecule has 2 aromatic rings.